The van der Waals surface area contributed by atoms with Gasteiger partial charge in [-0.3, -0.25) is 4.79 Å². The number of esters is 1. The van der Waals surface area contributed by atoms with Crippen LogP contribution in [0, 0.1) is 6.92 Å². The van der Waals surface area contributed by atoms with Crippen molar-refractivity contribution < 1.29 is 19.1 Å². The van der Waals surface area contributed by atoms with Crippen LogP contribution in [-0.2, 0) is 24.2 Å². The number of thiophene rings is 1. The van der Waals surface area contributed by atoms with E-state index >= 15 is 0 Å². The van der Waals surface area contributed by atoms with Crippen molar-refractivity contribution in [2.45, 2.75) is 39.2 Å². The normalized spacial score (nSPS) is 12.9. The van der Waals surface area contributed by atoms with Crippen molar-refractivity contribution in [1.29, 1.82) is 0 Å². The van der Waals surface area contributed by atoms with Gasteiger partial charge < -0.3 is 14.8 Å². The van der Waals surface area contributed by atoms with Crippen molar-refractivity contribution in [2.24, 2.45) is 0 Å². The highest BCUT2D eigenvalue weighted by Crippen LogP contribution is 2.38. The third kappa shape index (κ3) is 4.22. The van der Waals surface area contributed by atoms with Gasteiger partial charge in [0.2, 0.25) is 0 Å². The number of rotatable bonds is 6. The minimum Gasteiger partial charge on any atom is -0.487 e. The van der Waals surface area contributed by atoms with E-state index in [2.05, 4.69) is 14.1 Å². The Balaban J connectivity index is 1.47. The Kier molecular flexibility index (Phi) is 6.10. The van der Waals surface area contributed by atoms with Gasteiger partial charge in [-0.1, -0.05) is 0 Å². The maximum atomic E-state index is 12.8. The predicted molar refractivity (Wildman–Crippen MR) is 116 cm³/mol. The molecule has 0 fully saturated rings. The fourth-order valence-corrected chi connectivity index (χ4v) is 5.21. The molecule has 0 atom stereocenters. The SMILES string of the molecule is COC(=O)c1c(NC(=O)c2ccc(OCc3nsnc3C)cc2)sc2c1CCCC2. The first-order valence-electron chi connectivity index (χ1n) is 9.62. The molecule has 0 spiro atoms. The van der Waals surface area contributed by atoms with Gasteiger partial charge >= 0.3 is 5.97 Å². The molecule has 156 valence electrons. The minimum atomic E-state index is -0.403. The molecule has 4 rings (SSSR count). The van der Waals surface area contributed by atoms with Crippen LogP contribution in [0.15, 0.2) is 24.3 Å². The summed E-state index contributed by atoms with van der Waals surface area (Å²) in [6.07, 6.45) is 3.91. The van der Waals surface area contributed by atoms with Crippen molar-refractivity contribution in [3.63, 3.8) is 0 Å². The second-order valence-electron chi connectivity index (χ2n) is 6.97. The first-order valence-corrected chi connectivity index (χ1v) is 11.2. The molecule has 1 aliphatic rings. The molecule has 2 heterocycles. The average Bonchev–Trinajstić information content (AvgIpc) is 3.34. The van der Waals surface area contributed by atoms with Crippen LogP contribution in [0.5, 0.6) is 5.75 Å². The lowest BCUT2D eigenvalue weighted by Crippen LogP contribution is -2.15. The van der Waals surface area contributed by atoms with E-state index in [1.54, 1.807) is 24.3 Å². The number of ether oxygens (including phenoxy) is 2. The van der Waals surface area contributed by atoms with Crippen LogP contribution in [0.4, 0.5) is 5.00 Å². The molecule has 1 amide bonds. The largest absolute Gasteiger partial charge is 0.487 e. The quantitative estimate of drug-likeness (QED) is 0.568. The fraction of sp³-hybridized carbons (Fsp3) is 0.333. The molecule has 3 aromatic rings. The first kappa shape index (κ1) is 20.5. The number of nitrogens with one attached hydrogen (secondary N) is 1. The van der Waals surface area contributed by atoms with Crippen LogP contribution in [0.3, 0.4) is 0 Å². The topological polar surface area (TPSA) is 90.4 Å². The van der Waals surface area contributed by atoms with Crippen molar-refractivity contribution in [2.75, 3.05) is 12.4 Å². The lowest BCUT2D eigenvalue weighted by Gasteiger charge is -2.11. The molecule has 30 heavy (non-hydrogen) atoms. The van der Waals surface area contributed by atoms with Crippen molar-refractivity contribution in [1.82, 2.24) is 8.75 Å². The summed E-state index contributed by atoms with van der Waals surface area (Å²) in [5.41, 5.74) is 3.66. The Labute approximate surface area is 182 Å². The zero-order valence-corrected chi connectivity index (χ0v) is 18.3. The highest BCUT2D eigenvalue weighted by atomic mass is 32.1. The zero-order valence-electron chi connectivity index (χ0n) is 16.7. The highest BCUT2D eigenvalue weighted by Gasteiger charge is 2.27. The third-order valence-corrected chi connectivity index (χ3v) is 6.89. The van der Waals surface area contributed by atoms with Gasteiger partial charge in [-0.25, -0.2) is 4.79 Å². The molecule has 0 radical (unpaired) electrons. The fourth-order valence-electron chi connectivity index (χ4n) is 3.38. The van der Waals surface area contributed by atoms with Crippen molar-refractivity contribution in [3.8, 4) is 5.75 Å². The average molecular weight is 444 g/mol. The summed E-state index contributed by atoms with van der Waals surface area (Å²) >= 11 is 2.63. The lowest BCUT2D eigenvalue weighted by molar-refractivity contribution is 0.0601. The smallest absolute Gasteiger partial charge is 0.341 e. The van der Waals surface area contributed by atoms with E-state index in [9.17, 15) is 9.59 Å². The molecule has 1 N–H and O–H groups in total. The van der Waals surface area contributed by atoms with Crippen LogP contribution in [0.1, 0.15) is 55.4 Å². The van der Waals surface area contributed by atoms with Gasteiger partial charge in [0.05, 0.1) is 30.1 Å². The summed E-state index contributed by atoms with van der Waals surface area (Å²) in [6.45, 7) is 2.22. The summed E-state index contributed by atoms with van der Waals surface area (Å²) < 4.78 is 19.0. The van der Waals surface area contributed by atoms with Crippen LogP contribution >= 0.6 is 23.1 Å². The molecule has 1 aliphatic carbocycles. The molecule has 2 aromatic heterocycles. The summed E-state index contributed by atoms with van der Waals surface area (Å²) in [4.78, 5) is 26.3. The Morgan fingerprint density at radius 1 is 1.13 bits per heavy atom. The molecule has 0 aliphatic heterocycles. The minimum absolute atomic E-state index is 0.273. The van der Waals surface area contributed by atoms with Crippen molar-refractivity contribution >= 4 is 39.9 Å². The second-order valence-corrected chi connectivity index (χ2v) is 8.60. The van der Waals surface area contributed by atoms with Gasteiger partial charge in [0, 0.05) is 10.4 Å². The molecule has 7 nitrogen and oxygen atoms in total. The molecular formula is C21H21N3O4S2. The van der Waals surface area contributed by atoms with Gasteiger partial charge in [0.15, 0.2) is 0 Å². The summed E-state index contributed by atoms with van der Waals surface area (Å²) in [6, 6.07) is 6.87. The number of nitrogens with zero attached hydrogens (tertiary/aromatic N) is 2. The number of hydrogen-bond acceptors (Lipinski definition) is 8. The van der Waals surface area contributed by atoms with Crippen molar-refractivity contribution in [3.05, 3.63) is 57.2 Å². The highest BCUT2D eigenvalue weighted by molar-refractivity contribution is 7.17. The van der Waals surface area contributed by atoms with Crippen LogP contribution in [0.25, 0.3) is 0 Å². The molecular weight excluding hydrogens is 422 g/mol. The number of aryl methyl sites for hydroxylation is 2. The predicted octanol–water partition coefficient (Wildman–Crippen LogP) is 4.40. The van der Waals surface area contributed by atoms with Gasteiger partial charge in [0.25, 0.3) is 5.91 Å². The third-order valence-electron chi connectivity index (χ3n) is 5.03. The van der Waals surface area contributed by atoms with Gasteiger partial charge in [-0.2, -0.15) is 8.75 Å². The summed E-state index contributed by atoms with van der Waals surface area (Å²) in [5, 5.41) is 3.46. The first-order chi connectivity index (χ1) is 14.6. The van der Waals surface area contributed by atoms with Crippen LogP contribution < -0.4 is 10.1 Å². The number of aromatic nitrogens is 2. The molecule has 0 saturated carbocycles. The molecule has 0 unspecified atom stereocenters. The van der Waals surface area contributed by atoms with Crippen LogP contribution in [0.2, 0.25) is 0 Å². The Morgan fingerprint density at radius 3 is 2.60 bits per heavy atom. The molecule has 0 saturated heterocycles. The Hall–Kier alpha value is -2.78. The van der Waals surface area contributed by atoms with E-state index in [-0.39, 0.29) is 5.91 Å². The number of benzene rings is 1. The van der Waals surface area contributed by atoms with E-state index in [1.807, 2.05) is 6.92 Å². The standard InChI is InChI=1S/C21H21N3O4S2/c1-12-16(24-30-23-12)11-28-14-9-7-13(8-10-14)19(25)22-20-18(21(26)27-2)15-5-3-4-6-17(15)29-20/h7-10H,3-6,11H2,1-2H3,(H,22,25). The number of methoxy groups -OCH3 is 1. The number of carbonyl (C=O) groups is 2. The van der Waals surface area contributed by atoms with Gasteiger partial charge in [0.1, 0.15) is 23.1 Å². The Bertz CT molecular complexity index is 1070. The van der Waals surface area contributed by atoms with E-state index in [4.69, 9.17) is 9.47 Å². The van der Waals surface area contributed by atoms with Gasteiger partial charge in [-0.05, 0) is 62.4 Å². The zero-order chi connectivity index (χ0) is 21.1. The summed E-state index contributed by atoms with van der Waals surface area (Å²) in [5.74, 6) is -0.0362. The Morgan fingerprint density at radius 2 is 1.90 bits per heavy atom. The number of anilines is 1. The number of carbonyl (C=O) groups excluding carboxylic acids is 2. The van der Waals surface area contributed by atoms with Gasteiger partial charge in [-0.15, -0.1) is 11.3 Å². The molecule has 0 bridgehead atoms. The monoisotopic (exact) mass is 443 g/mol. The number of hydrogen-bond donors (Lipinski definition) is 1. The van der Waals surface area contributed by atoms with E-state index in [1.165, 1.54) is 18.4 Å². The maximum Gasteiger partial charge on any atom is 0.341 e. The molecule has 1 aromatic carbocycles. The van der Waals surface area contributed by atoms with E-state index in [0.29, 0.717) is 28.5 Å². The number of fused-ring (bicyclic) bond motifs is 1. The van der Waals surface area contributed by atoms with Crippen LogP contribution in [-0.4, -0.2) is 27.7 Å². The molecule has 9 heteroatoms. The lowest BCUT2D eigenvalue weighted by atomic mass is 9.95. The maximum absolute atomic E-state index is 12.8. The number of amides is 1. The summed E-state index contributed by atoms with van der Waals surface area (Å²) in [7, 11) is 1.36. The second kappa shape index (κ2) is 8.93. The van der Waals surface area contributed by atoms with E-state index in [0.717, 1.165) is 59.2 Å². The van der Waals surface area contributed by atoms with E-state index < -0.39 is 5.97 Å².